The van der Waals surface area contributed by atoms with E-state index < -0.39 is 0 Å². The number of thiocarbonyl (C=S) groups is 1. The van der Waals surface area contributed by atoms with E-state index in [0.29, 0.717) is 5.75 Å². The molecule has 0 bridgehead atoms. The van der Waals surface area contributed by atoms with Crippen LogP contribution in [0.25, 0.3) is 0 Å². The highest BCUT2D eigenvalue weighted by atomic mass is 32.1. The van der Waals surface area contributed by atoms with Crippen LogP contribution in [-0.2, 0) is 4.79 Å². The molecule has 1 saturated heterocycles. The zero-order valence-electron chi connectivity index (χ0n) is 14.8. The van der Waals surface area contributed by atoms with E-state index in [0.717, 1.165) is 24.3 Å². The molecule has 1 aliphatic rings. The van der Waals surface area contributed by atoms with Crippen LogP contribution in [0.1, 0.15) is 18.4 Å². The van der Waals surface area contributed by atoms with Crippen LogP contribution >= 0.6 is 12.2 Å². The third-order valence-electron chi connectivity index (χ3n) is 4.21. The molecule has 136 valence electrons. The van der Waals surface area contributed by atoms with Gasteiger partial charge in [-0.1, -0.05) is 12.1 Å². The molecule has 2 aromatic rings. The van der Waals surface area contributed by atoms with Crippen molar-refractivity contribution in [3.8, 4) is 5.75 Å². The number of anilines is 2. The molecule has 6 heteroatoms. The van der Waals surface area contributed by atoms with Gasteiger partial charge in [-0.15, -0.1) is 0 Å². The van der Waals surface area contributed by atoms with Gasteiger partial charge in [0.15, 0.2) is 11.7 Å². The first kappa shape index (κ1) is 18.2. The molecule has 26 heavy (non-hydrogen) atoms. The molecule has 2 aromatic carbocycles. The smallest absolute Gasteiger partial charge is 0.264 e. The molecule has 1 fully saturated rings. The van der Waals surface area contributed by atoms with Crippen molar-refractivity contribution in [2.24, 2.45) is 0 Å². The van der Waals surface area contributed by atoms with Crippen LogP contribution in [0.4, 0.5) is 11.4 Å². The Balaban J connectivity index is 1.45. The molecule has 1 heterocycles. The van der Waals surface area contributed by atoms with Crippen molar-refractivity contribution in [1.82, 2.24) is 5.32 Å². The van der Waals surface area contributed by atoms with Crippen molar-refractivity contribution in [2.75, 3.05) is 29.9 Å². The third-order valence-corrected chi connectivity index (χ3v) is 4.41. The lowest BCUT2D eigenvalue weighted by molar-refractivity contribution is -0.121. The number of ether oxygens (including phenoxy) is 1. The first-order valence-electron chi connectivity index (χ1n) is 8.75. The summed E-state index contributed by atoms with van der Waals surface area (Å²) < 4.78 is 5.47. The number of amides is 1. The Morgan fingerprint density at radius 3 is 2.58 bits per heavy atom. The van der Waals surface area contributed by atoms with Gasteiger partial charge in [0.05, 0.1) is 0 Å². The van der Waals surface area contributed by atoms with Gasteiger partial charge in [0.25, 0.3) is 5.91 Å². The predicted molar refractivity (Wildman–Crippen MR) is 109 cm³/mol. The first-order chi connectivity index (χ1) is 12.6. The Kier molecular flexibility index (Phi) is 6.07. The lowest BCUT2D eigenvalue weighted by atomic mass is 10.2. The summed E-state index contributed by atoms with van der Waals surface area (Å²) in [5.74, 6) is 0.370. The molecule has 0 atom stereocenters. The minimum Gasteiger partial charge on any atom is -0.484 e. The molecular formula is C20H23N3O2S. The molecule has 3 rings (SSSR count). The van der Waals surface area contributed by atoms with Crippen molar-refractivity contribution in [3.63, 3.8) is 0 Å². The number of benzene rings is 2. The lowest BCUT2D eigenvalue weighted by Crippen LogP contribution is -2.37. The minimum atomic E-state index is -0.294. The number of carbonyl (C=O) groups excluding carboxylic acids is 1. The average Bonchev–Trinajstić information content (AvgIpc) is 3.15. The van der Waals surface area contributed by atoms with Crippen molar-refractivity contribution in [1.29, 1.82) is 0 Å². The fourth-order valence-electron chi connectivity index (χ4n) is 2.91. The van der Waals surface area contributed by atoms with Crippen LogP contribution in [0.5, 0.6) is 5.75 Å². The number of nitrogens with zero attached hydrogens (tertiary/aromatic N) is 1. The largest absolute Gasteiger partial charge is 0.484 e. The van der Waals surface area contributed by atoms with E-state index in [1.54, 1.807) is 0 Å². The van der Waals surface area contributed by atoms with Gasteiger partial charge in [0.2, 0.25) is 0 Å². The Labute approximate surface area is 159 Å². The van der Waals surface area contributed by atoms with Crippen LogP contribution < -0.4 is 20.3 Å². The van der Waals surface area contributed by atoms with Crippen molar-refractivity contribution in [3.05, 3.63) is 54.1 Å². The Hall–Kier alpha value is -2.60. The maximum Gasteiger partial charge on any atom is 0.264 e. The molecule has 0 spiro atoms. The fourth-order valence-corrected chi connectivity index (χ4v) is 3.14. The number of carbonyl (C=O) groups is 1. The highest BCUT2D eigenvalue weighted by Gasteiger charge is 2.12. The Morgan fingerprint density at radius 2 is 1.88 bits per heavy atom. The molecule has 0 radical (unpaired) electrons. The number of hydrogen-bond acceptors (Lipinski definition) is 4. The summed E-state index contributed by atoms with van der Waals surface area (Å²) in [4.78, 5) is 14.3. The molecule has 2 N–H and O–H groups in total. The highest BCUT2D eigenvalue weighted by molar-refractivity contribution is 7.80. The van der Waals surface area contributed by atoms with Gasteiger partial charge in [-0.2, -0.15) is 0 Å². The Morgan fingerprint density at radius 1 is 1.15 bits per heavy atom. The molecule has 1 aliphatic heterocycles. The predicted octanol–water partition coefficient (Wildman–Crippen LogP) is 3.49. The van der Waals surface area contributed by atoms with Crippen LogP contribution in [0.15, 0.2) is 48.5 Å². The van der Waals surface area contributed by atoms with Crippen LogP contribution in [-0.4, -0.2) is 30.7 Å². The van der Waals surface area contributed by atoms with E-state index in [1.165, 1.54) is 18.5 Å². The van der Waals surface area contributed by atoms with E-state index in [4.69, 9.17) is 17.0 Å². The van der Waals surface area contributed by atoms with Gasteiger partial charge in [-0.3, -0.25) is 10.1 Å². The van der Waals surface area contributed by atoms with Crippen LogP contribution in [0, 0.1) is 6.92 Å². The second-order valence-corrected chi connectivity index (χ2v) is 6.76. The van der Waals surface area contributed by atoms with E-state index >= 15 is 0 Å². The van der Waals surface area contributed by atoms with Gasteiger partial charge in [0.1, 0.15) is 5.75 Å². The summed E-state index contributed by atoms with van der Waals surface area (Å²) in [5.41, 5.74) is 3.14. The lowest BCUT2D eigenvalue weighted by Gasteiger charge is -2.18. The third kappa shape index (κ3) is 5.20. The zero-order chi connectivity index (χ0) is 18.4. The Bertz CT molecular complexity index is 771. The maximum absolute atomic E-state index is 12.0. The molecule has 5 nitrogen and oxygen atoms in total. The van der Waals surface area contributed by atoms with Gasteiger partial charge in [-0.05, 0) is 73.9 Å². The second-order valence-electron chi connectivity index (χ2n) is 6.35. The molecular weight excluding hydrogens is 346 g/mol. The van der Waals surface area contributed by atoms with E-state index in [9.17, 15) is 4.79 Å². The van der Waals surface area contributed by atoms with E-state index in [2.05, 4.69) is 27.7 Å². The zero-order valence-corrected chi connectivity index (χ0v) is 15.6. The van der Waals surface area contributed by atoms with Crippen LogP contribution in [0.3, 0.4) is 0 Å². The molecule has 1 amide bonds. The van der Waals surface area contributed by atoms with Gasteiger partial charge >= 0.3 is 0 Å². The van der Waals surface area contributed by atoms with Crippen molar-refractivity contribution < 1.29 is 9.53 Å². The topological polar surface area (TPSA) is 53.6 Å². The summed E-state index contributed by atoms with van der Waals surface area (Å²) in [6.45, 7) is 4.12. The number of nitrogens with one attached hydrogen (secondary N) is 2. The highest BCUT2D eigenvalue weighted by Crippen LogP contribution is 2.22. The number of aryl methyl sites for hydroxylation is 1. The maximum atomic E-state index is 12.0. The molecule has 0 aromatic heterocycles. The second kappa shape index (κ2) is 8.67. The summed E-state index contributed by atoms with van der Waals surface area (Å²) in [6, 6.07) is 15.6. The van der Waals surface area contributed by atoms with Gasteiger partial charge < -0.3 is 15.0 Å². The quantitative estimate of drug-likeness (QED) is 0.790. The monoisotopic (exact) mass is 369 g/mol. The van der Waals surface area contributed by atoms with Gasteiger partial charge in [0, 0.05) is 24.5 Å². The summed E-state index contributed by atoms with van der Waals surface area (Å²) in [5, 5.41) is 5.91. The minimum absolute atomic E-state index is 0.0842. The first-order valence-corrected chi connectivity index (χ1v) is 9.16. The summed E-state index contributed by atoms with van der Waals surface area (Å²) >= 11 is 5.20. The normalized spacial score (nSPS) is 13.3. The fraction of sp³-hybridized carbons (Fsp3) is 0.300. The average molecular weight is 369 g/mol. The van der Waals surface area contributed by atoms with Crippen molar-refractivity contribution in [2.45, 2.75) is 19.8 Å². The number of rotatable bonds is 5. The van der Waals surface area contributed by atoms with Gasteiger partial charge in [-0.25, -0.2) is 0 Å². The van der Waals surface area contributed by atoms with E-state index in [1.807, 2.05) is 43.3 Å². The SMILES string of the molecule is Cc1cccc(OCC(=O)NC(=S)Nc2ccc(N3CCCC3)cc2)c1. The van der Waals surface area contributed by atoms with Crippen LogP contribution in [0.2, 0.25) is 0 Å². The summed E-state index contributed by atoms with van der Waals surface area (Å²) in [7, 11) is 0. The molecule has 0 aliphatic carbocycles. The summed E-state index contributed by atoms with van der Waals surface area (Å²) in [6.07, 6.45) is 2.50. The molecule has 0 unspecified atom stereocenters. The standard InChI is InChI=1S/C20H23N3O2S/c1-15-5-4-6-18(13-15)25-14-19(24)22-20(26)21-16-7-9-17(10-8-16)23-11-2-3-12-23/h4-10,13H,2-3,11-12,14H2,1H3,(H2,21,22,24,26). The molecule has 0 saturated carbocycles. The van der Waals surface area contributed by atoms with Crippen molar-refractivity contribution >= 4 is 34.6 Å². The van der Waals surface area contributed by atoms with E-state index in [-0.39, 0.29) is 17.6 Å². The number of hydrogen-bond donors (Lipinski definition) is 2.